The minimum absolute atomic E-state index is 0.520. The highest BCUT2D eigenvalue weighted by Crippen LogP contribution is 1.96. The van der Waals surface area contributed by atoms with Gasteiger partial charge in [0.25, 0.3) is 0 Å². The molecule has 0 aromatic carbocycles. The van der Waals surface area contributed by atoms with Gasteiger partial charge in [-0.2, -0.15) is 0 Å². The lowest BCUT2D eigenvalue weighted by Crippen LogP contribution is -2.29. The van der Waals surface area contributed by atoms with Crippen LogP contribution in [0.1, 0.15) is 19.3 Å². The van der Waals surface area contributed by atoms with E-state index in [1.807, 2.05) is 36.4 Å². The first-order valence-electron chi connectivity index (χ1n) is 7.07. The molecule has 0 saturated carbocycles. The number of nitrogens with zero attached hydrogens (tertiary/aromatic N) is 2. The van der Waals surface area contributed by atoms with E-state index in [-0.39, 0.29) is 0 Å². The summed E-state index contributed by atoms with van der Waals surface area (Å²) in [7, 11) is 0. The Labute approximate surface area is 131 Å². The van der Waals surface area contributed by atoms with E-state index in [9.17, 15) is 4.79 Å². The molecular formula is C16H24N4O2. The Morgan fingerprint density at radius 2 is 1.36 bits per heavy atom. The molecule has 0 aliphatic carbocycles. The number of rotatable bonds is 5. The van der Waals surface area contributed by atoms with Crippen LogP contribution in [0.3, 0.4) is 0 Å². The molecular weight excluding hydrogens is 280 g/mol. The van der Waals surface area contributed by atoms with Crippen LogP contribution < -0.4 is 11.5 Å². The number of unbranched alkanes of at least 4 members (excludes halogenated alkanes) is 1. The van der Waals surface area contributed by atoms with Crippen LogP contribution in [-0.4, -0.2) is 33.6 Å². The van der Waals surface area contributed by atoms with Crippen LogP contribution in [0.25, 0.3) is 0 Å². The first kappa shape index (κ1) is 19.7. The molecule has 0 amide bonds. The monoisotopic (exact) mass is 304 g/mol. The van der Waals surface area contributed by atoms with Crippen LogP contribution in [0, 0.1) is 0 Å². The van der Waals surface area contributed by atoms with Crippen molar-refractivity contribution in [2.24, 2.45) is 11.5 Å². The molecule has 2 rings (SSSR count). The van der Waals surface area contributed by atoms with Crippen molar-refractivity contribution < 1.29 is 9.90 Å². The standard InChI is InChI=1S/C6H14N2O2.2C5H5N/c7-4-2-1-3-5(8)6(9)10;2*1-2-4-6-5-3-1/h5H,1-4,7-8H2,(H,9,10);2*1-5H/t5-;;/m0../s1. The predicted molar refractivity (Wildman–Crippen MR) is 87.0 cm³/mol. The third kappa shape index (κ3) is 14.1. The van der Waals surface area contributed by atoms with Gasteiger partial charge in [0.05, 0.1) is 0 Å². The van der Waals surface area contributed by atoms with Crippen LogP contribution in [0.2, 0.25) is 0 Å². The first-order valence-corrected chi connectivity index (χ1v) is 7.07. The van der Waals surface area contributed by atoms with Crippen molar-refractivity contribution in [1.82, 2.24) is 9.97 Å². The minimum Gasteiger partial charge on any atom is -0.480 e. The molecule has 0 saturated heterocycles. The number of carbonyl (C=O) groups is 1. The van der Waals surface area contributed by atoms with Crippen molar-refractivity contribution in [3.05, 3.63) is 61.2 Å². The average molecular weight is 304 g/mol. The number of carboxylic acids is 1. The maximum atomic E-state index is 10.1. The normalized spacial score (nSPS) is 10.3. The van der Waals surface area contributed by atoms with Gasteiger partial charge in [-0.05, 0) is 43.7 Å². The summed E-state index contributed by atoms with van der Waals surface area (Å²) in [4.78, 5) is 17.7. The average Bonchev–Trinajstić information content (AvgIpc) is 2.59. The molecule has 0 aliphatic rings. The second-order valence-corrected chi connectivity index (χ2v) is 4.28. The second-order valence-electron chi connectivity index (χ2n) is 4.28. The van der Waals surface area contributed by atoms with E-state index in [1.165, 1.54) is 0 Å². The van der Waals surface area contributed by atoms with Crippen molar-refractivity contribution in [2.75, 3.05) is 6.54 Å². The molecule has 120 valence electrons. The summed E-state index contributed by atoms with van der Waals surface area (Å²) in [6, 6.07) is 10.7. The van der Waals surface area contributed by atoms with Gasteiger partial charge >= 0.3 is 5.97 Å². The maximum absolute atomic E-state index is 10.1. The van der Waals surface area contributed by atoms with Crippen LogP contribution >= 0.6 is 0 Å². The zero-order chi connectivity index (χ0) is 16.5. The van der Waals surface area contributed by atoms with Crippen molar-refractivity contribution in [2.45, 2.75) is 25.3 Å². The summed E-state index contributed by atoms with van der Waals surface area (Å²) in [5.74, 6) is -0.933. The minimum atomic E-state index is -0.933. The Morgan fingerprint density at radius 3 is 1.59 bits per heavy atom. The van der Waals surface area contributed by atoms with Gasteiger partial charge in [0.1, 0.15) is 6.04 Å². The SMILES string of the molecule is NCCCC[C@H](N)C(=O)O.c1ccncc1.c1ccncc1. The summed E-state index contributed by atoms with van der Waals surface area (Å²) >= 11 is 0. The fourth-order valence-electron chi connectivity index (χ4n) is 1.26. The van der Waals surface area contributed by atoms with Crippen molar-refractivity contribution in [1.29, 1.82) is 0 Å². The Kier molecular flexibility index (Phi) is 13.5. The molecule has 2 aromatic heterocycles. The molecule has 0 fully saturated rings. The number of nitrogens with two attached hydrogens (primary N) is 2. The lowest BCUT2D eigenvalue weighted by atomic mass is 10.1. The molecule has 5 N–H and O–H groups in total. The Bertz CT molecular complexity index is 369. The predicted octanol–water partition coefficient (Wildman–Crippen LogP) is 1.69. The molecule has 6 nitrogen and oxygen atoms in total. The van der Waals surface area contributed by atoms with Crippen LogP contribution in [0.4, 0.5) is 0 Å². The topological polar surface area (TPSA) is 115 Å². The number of hydrogen-bond donors (Lipinski definition) is 3. The third-order valence-electron chi connectivity index (χ3n) is 2.42. The van der Waals surface area contributed by atoms with Crippen molar-refractivity contribution >= 4 is 5.97 Å². The Balaban J connectivity index is 0.000000315. The van der Waals surface area contributed by atoms with E-state index >= 15 is 0 Å². The number of hydrogen-bond acceptors (Lipinski definition) is 5. The highest BCUT2D eigenvalue weighted by Gasteiger charge is 2.09. The molecule has 0 spiro atoms. The fourth-order valence-corrected chi connectivity index (χ4v) is 1.26. The Morgan fingerprint density at radius 1 is 0.909 bits per heavy atom. The number of aromatic nitrogens is 2. The van der Waals surface area contributed by atoms with Gasteiger partial charge in [0.15, 0.2) is 0 Å². The van der Waals surface area contributed by atoms with Crippen molar-refractivity contribution in [3.63, 3.8) is 0 Å². The molecule has 0 radical (unpaired) electrons. The van der Waals surface area contributed by atoms with E-state index in [0.717, 1.165) is 12.8 Å². The zero-order valence-corrected chi connectivity index (χ0v) is 12.6. The van der Waals surface area contributed by atoms with Gasteiger partial charge in [-0.25, -0.2) is 0 Å². The largest absolute Gasteiger partial charge is 0.480 e. The summed E-state index contributed by atoms with van der Waals surface area (Å²) in [6.45, 7) is 0.604. The molecule has 22 heavy (non-hydrogen) atoms. The van der Waals surface area contributed by atoms with Crippen LogP contribution in [0.5, 0.6) is 0 Å². The zero-order valence-electron chi connectivity index (χ0n) is 12.6. The number of carboxylic acid groups (broad SMARTS) is 1. The maximum Gasteiger partial charge on any atom is 0.320 e. The summed E-state index contributed by atoms with van der Waals surface area (Å²) < 4.78 is 0. The fraction of sp³-hybridized carbons (Fsp3) is 0.312. The van der Waals surface area contributed by atoms with E-state index in [0.29, 0.717) is 13.0 Å². The van der Waals surface area contributed by atoms with Gasteiger partial charge in [-0.1, -0.05) is 18.6 Å². The van der Waals surface area contributed by atoms with Gasteiger partial charge in [0.2, 0.25) is 0 Å². The smallest absolute Gasteiger partial charge is 0.320 e. The van der Waals surface area contributed by atoms with Gasteiger partial charge in [-0.3, -0.25) is 14.8 Å². The molecule has 2 heterocycles. The summed E-state index contributed by atoms with van der Waals surface area (Å²) in [5.41, 5.74) is 10.4. The van der Waals surface area contributed by atoms with Crippen LogP contribution in [0.15, 0.2) is 61.2 Å². The molecule has 2 aromatic rings. The summed E-state index contributed by atoms with van der Waals surface area (Å²) in [6.07, 6.45) is 9.16. The Hall–Kier alpha value is -2.31. The van der Waals surface area contributed by atoms with Gasteiger partial charge < -0.3 is 16.6 Å². The first-order chi connectivity index (χ1) is 10.7. The molecule has 0 unspecified atom stereocenters. The van der Waals surface area contributed by atoms with Gasteiger partial charge in [0, 0.05) is 24.8 Å². The lowest BCUT2D eigenvalue weighted by molar-refractivity contribution is -0.138. The summed E-state index contributed by atoms with van der Waals surface area (Å²) in [5, 5.41) is 8.33. The quantitative estimate of drug-likeness (QED) is 0.724. The van der Waals surface area contributed by atoms with E-state index in [1.54, 1.807) is 24.8 Å². The lowest BCUT2D eigenvalue weighted by Gasteiger charge is -2.03. The van der Waals surface area contributed by atoms with E-state index in [4.69, 9.17) is 16.6 Å². The molecule has 1 atom stereocenters. The second kappa shape index (κ2) is 15.1. The van der Waals surface area contributed by atoms with Crippen LogP contribution in [-0.2, 0) is 4.79 Å². The highest BCUT2D eigenvalue weighted by atomic mass is 16.4. The molecule has 6 heteroatoms. The van der Waals surface area contributed by atoms with E-state index in [2.05, 4.69) is 9.97 Å². The molecule has 0 aliphatic heterocycles. The molecule has 0 bridgehead atoms. The number of aliphatic carboxylic acids is 1. The third-order valence-corrected chi connectivity index (χ3v) is 2.42. The number of pyridine rings is 2. The highest BCUT2D eigenvalue weighted by molar-refractivity contribution is 5.72. The van der Waals surface area contributed by atoms with E-state index < -0.39 is 12.0 Å². The van der Waals surface area contributed by atoms with Gasteiger partial charge in [-0.15, -0.1) is 0 Å². The van der Waals surface area contributed by atoms with Crippen molar-refractivity contribution in [3.8, 4) is 0 Å².